The summed E-state index contributed by atoms with van der Waals surface area (Å²) in [5.41, 5.74) is 2.90. The topological polar surface area (TPSA) is 143 Å². The van der Waals surface area contributed by atoms with E-state index in [-0.39, 0.29) is 36.1 Å². The summed E-state index contributed by atoms with van der Waals surface area (Å²) >= 11 is 0. The molecular weight excluding hydrogens is 717 g/mol. The minimum absolute atomic E-state index is 0.172. The molecule has 0 fully saturated rings. The molecule has 0 unspecified atom stereocenters. The van der Waals surface area contributed by atoms with Crippen LogP contribution in [0.2, 0.25) is 0 Å². The Labute approximate surface area is 298 Å². The Kier molecular flexibility index (Phi) is 12.2. The van der Waals surface area contributed by atoms with E-state index in [9.17, 15) is 33.7 Å². The molecule has 0 N–H and O–H groups in total. The number of benzene rings is 4. The first-order chi connectivity index (χ1) is 23.3. The van der Waals surface area contributed by atoms with Crippen molar-refractivity contribution in [1.82, 2.24) is 7.42 Å². The van der Waals surface area contributed by atoms with Gasteiger partial charge in [-0.25, -0.2) is 33.7 Å². The number of sulfonamides is 4. The highest BCUT2D eigenvalue weighted by atomic mass is 32.3. The first kappa shape index (κ1) is 39.4. The maximum absolute atomic E-state index is 14.7. The molecule has 0 heterocycles. The molecule has 0 radical (unpaired) electrons. The van der Waals surface area contributed by atoms with Crippen molar-refractivity contribution in [3.05, 3.63) is 119 Å². The average Bonchev–Trinajstić information content (AvgIpc) is 3.04. The first-order valence-corrected chi connectivity index (χ1v) is 22.0. The zero-order valence-electron chi connectivity index (χ0n) is 29.0. The van der Waals surface area contributed by atoms with Crippen LogP contribution in [0.3, 0.4) is 0 Å². The largest absolute Gasteiger partial charge is 0.256 e. The van der Waals surface area contributed by atoms with Gasteiger partial charge in [0.05, 0.1) is 31.7 Å². The summed E-state index contributed by atoms with van der Waals surface area (Å²) in [6, 6.07) is 18.9. The predicted molar refractivity (Wildman–Crippen MR) is 195 cm³/mol. The van der Waals surface area contributed by atoms with Gasteiger partial charge in [-0.05, 0) is 89.6 Å². The quantitative estimate of drug-likeness (QED) is 0.122. The van der Waals surface area contributed by atoms with E-state index in [1.54, 1.807) is 27.7 Å². The Morgan fingerprint density at radius 1 is 0.440 bits per heavy atom. The summed E-state index contributed by atoms with van der Waals surface area (Å²) in [4.78, 5) is -1.40. The molecule has 50 heavy (non-hydrogen) atoms. The lowest BCUT2D eigenvalue weighted by molar-refractivity contribution is 0.288. The summed E-state index contributed by atoms with van der Waals surface area (Å²) in [5.74, 6) is 0. The van der Waals surface area contributed by atoms with Crippen LogP contribution in [0.1, 0.15) is 61.8 Å². The number of hydrogen-bond acceptors (Lipinski definition) is 8. The molecule has 0 saturated heterocycles. The van der Waals surface area contributed by atoms with E-state index in [1.807, 2.05) is 6.92 Å². The van der Waals surface area contributed by atoms with Crippen molar-refractivity contribution in [3.8, 4) is 0 Å². The Balaban J connectivity index is 2.07. The van der Waals surface area contributed by atoms with Crippen LogP contribution in [-0.2, 0) is 40.1 Å². The van der Waals surface area contributed by atoms with E-state index in [2.05, 4.69) is 0 Å². The van der Waals surface area contributed by atoms with Crippen molar-refractivity contribution in [3.63, 3.8) is 0 Å². The summed E-state index contributed by atoms with van der Waals surface area (Å²) < 4.78 is 118. The molecule has 14 heteroatoms. The van der Waals surface area contributed by atoms with Crippen molar-refractivity contribution >= 4 is 40.1 Å². The molecule has 0 aliphatic rings. The van der Waals surface area contributed by atoms with Gasteiger partial charge in [0.15, 0.2) is 0 Å². The van der Waals surface area contributed by atoms with Gasteiger partial charge in [0.1, 0.15) is 0 Å². The highest BCUT2D eigenvalue weighted by molar-refractivity contribution is 8.04. The molecule has 270 valence electrons. The van der Waals surface area contributed by atoms with Gasteiger partial charge in [0.2, 0.25) is 0 Å². The van der Waals surface area contributed by atoms with Crippen molar-refractivity contribution in [2.75, 3.05) is 0 Å². The standard InChI is InChI=1S/C36H44N2O8S4/c1-7-8-9-10-36(38(49(43,44)34-23-15-29(4)16-24-34)50(45,46)35-25-17-30(5)18-26-35)31(6)37(47(39,40)32-19-11-27(2)12-20-32)48(41,42)33-21-13-28(3)14-22-33/h11-26,31,36H,7-10H2,1-6H3/t31-,36+/m0/s1. The van der Waals surface area contributed by atoms with Gasteiger partial charge in [0, 0.05) is 0 Å². The van der Waals surface area contributed by atoms with E-state index >= 15 is 0 Å². The summed E-state index contributed by atoms with van der Waals surface area (Å²) in [6.45, 7) is 10.1. The van der Waals surface area contributed by atoms with Gasteiger partial charge in [-0.3, -0.25) is 0 Å². The lowest BCUT2D eigenvalue weighted by Gasteiger charge is -2.38. The minimum atomic E-state index is -4.95. The molecule has 0 aromatic heterocycles. The molecule has 0 saturated carbocycles. The second kappa shape index (κ2) is 15.5. The van der Waals surface area contributed by atoms with E-state index in [1.165, 1.54) is 104 Å². The molecule has 4 aromatic rings. The third kappa shape index (κ3) is 8.21. The van der Waals surface area contributed by atoms with Crippen molar-refractivity contribution in [1.29, 1.82) is 0 Å². The SMILES string of the molecule is CCCCC[C@H]([C@H](C)N(S(=O)(=O)c1ccc(C)cc1)S(=O)(=O)c1ccc(C)cc1)N(S(=O)(=O)c1ccc(C)cc1)S(=O)(=O)c1ccc(C)cc1. The monoisotopic (exact) mass is 760 g/mol. The lowest BCUT2D eigenvalue weighted by Crippen LogP contribution is -2.57. The van der Waals surface area contributed by atoms with Gasteiger partial charge in [-0.2, -0.15) is 0 Å². The molecule has 10 nitrogen and oxygen atoms in total. The van der Waals surface area contributed by atoms with Gasteiger partial charge in [-0.1, -0.05) is 104 Å². The number of rotatable bonds is 15. The van der Waals surface area contributed by atoms with E-state index < -0.39 is 52.2 Å². The fraction of sp³-hybridized carbons (Fsp3) is 0.333. The molecule has 0 bridgehead atoms. The zero-order valence-corrected chi connectivity index (χ0v) is 32.3. The molecule has 4 rings (SSSR count). The van der Waals surface area contributed by atoms with Crippen LogP contribution < -0.4 is 0 Å². The van der Waals surface area contributed by atoms with Crippen molar-refractivity contribution in [2.24, 2.45) is 0 Å². The zero-order chi connectivity index (χ0) is 37.1. The molecule has 2 atom stereocenters. The smallest absolute Gasteiger partial charge is 0.206 e. The fourth-order valence-electron chi connectivity index (χ4n) is 5.58. The highest BCUT2D eigenvalue weighted by Crippen LogP contribution is 2.36. The van der Waals surface area contributed by atoms with Crippen LogP contribution in [0, 0.1) is 27.7 Å². The van der Waals surface area contributed by atoms with Gasteiger partial charge in [0.25, 0.3) is 40.1 Å². The summed E-state index contributed by atoms with van der Waals surface area (Å²) in [5, 5.41) is 0. The molecular formula is C36H44N2O8S4. The van der Waals surface area contributed by atoms with E-state index in [0.29, 0.717) is 16.6 Å². The van der Waals surface area contributed by atoms with Crippen LogP contribution in [-0.4, -0.2) is 53.2 Å². The van der Waals surface area contributed by atoms with Crippen LogP contribution in [0.25, 0.3) is 0 Å². The Morgan fingerprint density at radius 2 is 0.700 bits per heavy atom. The van der Waals surface area contributed by atoms with Gasteiger partial charge >= 0.3 is 0 Å². The minimum Gasteiger partial charge on any atom is -0.206 e. The number of aryl methyl sites for hydroxylation is 4. The Bertz CT molecular complexity index is 2070. The van der Waals surface area contributed by atoms with Crippen molar-refractivity contribution in [2.45, 2.75) is 98.9 Å². The van der Waals surface area contributed by atoms with Crippen LogP contribution in [0.4, 0.5) is 0 Å². The highest BCUT2D eigenvalue weighted by Gasteiger charge is 2.50. The third-order valence-electron chi connectivity index (χ3n) is 8.49. The van der Waals surface area contributed by atoms with E-state index in [0.717, 1.165) is 22.3 Å². The van der Waals surface area contributed by atoms with Crippen LogP contribution in [0.15, 0.2) is 117 Å². The predicted octanol–water partition coefficient (Wildman–Crippen LogP) is 6.72. The second-order valence-electron chi connectivity index (χ2n) is 12.5. The molecule has 0 amide bonds. The first-order valence-electron chi connectivity index (χ1n) is 16.2. The van der Waals surface area contributed by atoms with Crippen molar-refractivity contribution < 1.29 is 33.7 Å². The number of nitrogens with zero attached hydrogens (tertiary/aromatic N) is 2. The lowest BCUT2D eigenvalue weighted by atomic mass is 10.0. The Hall–Kier alpha value is -3.40. The van der Waals surface area contributed by atoms with E-state index in [4.69, 9.17) is 0 Å². The van der Waals surface area contributed by atoms with Crippen LogP contribution >= 0.6 is 0 Å². The van der Waals surface area contributed by atoms with Gasteiger partial charge in [-0.15, -0.1) is 0 Å². The van der Waals surface area contributed by atoms with Gasteiger partial charge < -0.3 is 0 Å². The second-order valence-corrected chi connectivity index (χ2v) is 20.2. The average molecular weight is 761 g/mol. The number of unbranched alkanes of at least 4 members (excludes halogenated alkanes) is 2. The summed E-state index contributed by atoms with van der Waals surface area (Å²) in [7, 11) is -19.8. The maximum Gasteiger partial charge on any atom is 0.256 e. The normalized spacial score (nSPS) is 14.2. The van der Waals surface area contributed by atoms with Crippen LogP contribution in [0.5, 0.6) is 0 Å². The Morgan fingerprint density at radius 3 is 0.960 bits per heavy atom. The fourth-order valence-corrected chi connectivity index (χ4v) is 13.9. The maximum atomic E-state index is 14.7. The molecule has 0 spiro atoms. The molecule has 0 aliphatic carbocycles. The molecule has 0 aliphatic heterocycles. The molecule has 4 aromatic carbocycles. The summed E-state index contributed by atoms with van der Waals surface area (Å²) in [6.07, 6.45) is 1.32. The third-order valence-corrected chi connectivity index (χ3v) is 17.4. The number of hydrogen-bond donors (Lipinski definition) is 0.